The van der Waals surface area contributed by atoms with Crippen molar-refractivity contribution in [2.45, 2.75) is 31.0 Å². The van der Waals surface area contributed by atoms with Crippen molar-refractivity contribution in [1.82, 2.24) is 9.88 Å². The van der Waals surface area contributed by atoms with E-state index in [1.54, 1.807) is 4.90 Å². The van der Waals surface area contributed by atoms with Gasteiger partial charge in [-0.3, -0.25) is 4.79 Å². The molecular formula is C19H19F2N3O4. The third-order valence-electron chi connectivity index (χ3n) is 5.78. The molecule has 2 aliphatic heterocycles. The number of ether oxygens (including phenoxy) is 1. The smallest absolute Gasteiger partial charge is 0.341 e. The van der Waals surface area contributed by atoms with Gasteiger partial charge in [-0.05, 0) is 18.9 Å². The van der Waals surface area contributed by atoms with E-state index in [0.29, 0.717) is 26.2 Å². The van der Waals surface area contributed by atoms with Gasteiger partial charge >= 0.3 is 5.97 Å². The molecule has 9 heteroatoms. The number of pyridine rings is 1. The van der Waals surface area contributed by atoms with Gasteiger partial charge < -0.3 is 24.6 Å². The molecule has 1 aliphatic carbocycles. The molecule has 2 aromatic rings. The molecule has 28 heavy (non-hydrogen) atoms. The van der Waals surface area contributed by atoms with E-state index in [1.165, 1.54) is 10.8 Å². The number of rotatable bonds is 3. The van der Waals surface area contributed by atoms with Crippen LogP contribution in [0.15, 0.2) is 17.1 Å². The van der Waals surface area contributed by atoms with Gasteiger partial charge in [0.25, 0.3) is 0 Å². The SMILES string of the molecule is O=C(O)c1cn(C2CC2)c2c(F)c(N3C[C@@H]4NCCO[C@H]4C3)c(F)cc2c1=O. The highest BCUT2D eigenvalue weighted by molar-refractivity contribution is 5.94. The molecule has 7 nitrogen and oxygen atoms in total. The maximum atomic E-state index is 15.6. The molecule has 0 unspecified atom stereocenters. The van der Waals surface area contributed by atoms with Crippen LogP contribution in [0.3, 0.4) is 0 Å². The number of aromatic nitrogens is 1. The van der Waals surface area contributed by atoms with Crippen LogP contribution in [0, 0.1) is 11.6 Å². The van der Waals surface area contributed by atoms with Gasteiger partial charge in [-0.25, -0.2) is 13.6 Å². The van der Waals surface area contributed by atoms with Crippen molar-refractivity contribution in [2.75, 3.05) is 31.1 Å². The zero-order valence-electron chi connectivity index (χ0n) is 15.0. The third-order valence-corrected chi connectivity index (χ3v) is 5.78. The van der Waals surface area contributed by atoms with Gasteiger partial charge in [0, 0.05) is 31.9 Å². The molecule has 1 aromatic heterocycles. The summed E-state index contributed by atoms with van der Waals surface area (Å²) in [5.74, 6) is -3.10. The second-order valence-electron chi connectivity index (χ2n) is 7.61. The zero-order chi connectivity index (χ0) is 19.6. The van der Waals surface area contributed by atoms with Crippen molar-refractivity contribution in [3.05, 3.63) is 39.7 Å². The number of fused-ring (bicyclic) bond motifs is 2. The first kappa shape index (κ1) is 17.6. The lowest BCUT2D eigenvalue weighted by Crippen LogP contribution is -2.47. The Morgan fingerprint density at radius 3 is 2.75 bits per heavy atom. The lowest BCUT2D eigenvalue weighted by molar-refractivity contribution is 0.0212. The summed E-state index contributed by atoms with van der Waals surface area (Å²) in [5, 5.41) is 12.4. The van der Waals surface area contributed by atoms with Gasteiger partial charge in [0.2, 0.25) is 5.43 Å². The Morgan fingerprint density at radius 2 is 2.07 bits per heavy atom. The van der Waals surface area contributed by atoms with Gasteiger partial charge in [-0.15, -0.1) is 0 Å². The number of morpholine rings is 1. The van der Waals surface area contributed by atoms with Crippen LogP contribution in [0.1, 0.15) is 29.2 Å². The molecule has 0 radical (unpaired) electrons. The second-order valence-corrected chi connectivity index (χ2v) is 7.61. The van der Waals surface area contributed by atoms with Crippen LogP contribution in [-0.4, -0.2) is 54.0 Å². The number of hydrogen-bond donors (Lipinski definition) is 2. The van der Waals surface area contributed by atoms with Crippen LogP contribution in [-0.2, 0) is 4.74 Å². The molecule has 2 saturated heterocycles. The van der Waals surface area contributed by atoms with Crippen LogP contribution < -0.4 is 15.6 Å². The summed E-state index contributed by atoms with van der Waals surface area (Å²) in [6, 6.07) is 0.876. The fourth-order valence-electron chi connectivity index (χ4n) is 4.29. The predicted molar refractivity (Wildman–Crippen MR) is 97.1 cm³/mol. The van der Waals surface area contributed by atoms with Crippen molar-refractivity contribution in [1.29, 1.82) is 0 Å². The number of carbonyl (C=O) groups is 1. The minimum Gasteiger partial charge on any atom is -0.477 e. The van der Waals surface area contributed by atoms with E-state index in [2.05, 4.69) is 5.32 Å². The van der Waals surface area contributed by atoms with Crippen molar-refractivity contribution < 1.29 is 23.4 Å². The number of carboxylic acid groups (broad SMARTS) is 1. The lowest BCUT2D eigenvalue weighted by atomic mass is 10.1. The fraction of sp³-hybridized carbons (Fsp3) is 0.474. The number of nitrogens with zero attached hydrogens (tertiary/aromatic N) is 2. The molecule has 3 aliphatic rings. The molecule has 148 valence electrons. The normalized spacial score (nSPS) is 24.6. The number of benzene rings is 1. The molecule has 5 rings (SSSR count). The third kappa shape index (κ3) is 2.61. The number of carboxylic acids is 1. The van der Waals surface area contributed by atoms with E-state index < -0.39 is 28.6 Å². The monoisotopic (exact) mass is 391 g/mol. The number of halogens is 2. The van der Waals surface area contributed by atoms with E-state index in [4.69, 9.17) is 4.74 Å². The Morgan fingerprint density at radius 1 is 1.29 bits per heavy atom. The molecule has 0 amide bonds. The Bertz CT molecular complexity index is 1040. The van der Waals surface area contributed by atoms with E-state index >= 15 is 4.39 Å². The Hall–Kier alpha value is -2.52. The molecule has 1 aromatic carbocycles. The molecule has 0 spiro atoms. The molecule has 3 heterocycles. The summed E-state index contributed by atoms with van der Waals surface area (Å²) in [4.78, 5) is 25.6. The first-order valence-electron chi connectivity index (χ1n) is 9.35. The van der Waals surface area contributed by atoms with Gasteiger partial charge in [-0.2, -0.15) is 0 Å². The van der Waals surface area contributed by atoms with Gasteiger partial charge in [0.1, 0.15) is 17.1 Å². The van der Waals surface area contributed by atoms with Gasteiger partial charge in [0.05, 0.1) is 29.7 Å². The van der Waals surface area contributed by atoms with Crippen molar-refractivity contribution >= 4 is 22.6 Å². The molecular weight excluding hydrogens is 372 g/mol. The first-order chi connectivity index (χ1) is 13.5. The standard InChI is InChI=1S/C19H19F2N3O4/c20-12-5-10-16(24(9-1-2-9)6-11(18(10)25)19(26)27)15(21)17(12)23-7-13-14(8-23)28-4-3-22-13/h5-6,9,13-14,22H,1-4,7-8H2,(H,26,27)/t13-,14-/m0/s1. The van der Waals surface area contributed by atoms with Crippen LogP contribution in [0.4, 0.5) is 14.5 Å². The van der Waals surface area contributed by atoms with E-state index in [9.17, 15) is 19.1 Å². The van der Waals surface area contributed by atoms with Crippen molar-refractivity contribution in [2.24, 2.45) is 0 Å². The second kappa shape index (κ2) is 6.25. The summed E-state index contributed by atoms with van der Waals surface area (Å²) in [6.45, 7) is 1.98. The fourth-order valence-corrected chi connectivity index (χ4v) is 4.29. The van der Waals surface area contributed by atoms with Gasteiger partial charge in [0.15, 0.2) is 5.82 Å². The zero-order valence-corrected chi connectivity index (χ0v) is 15.0. The van der Waals surface area contributed by atoms with Crippen LogP contribution >= 0.6 is 0 Å². The Kier molecular flexibility index (Phi) is 3.92. The topological polar surface area (TPSA) is 83.8 Å². The number of nitrogens with one attached hydrogen (secondary N) is 1. The van der Waals surface area contributed by atoms with E-state index in [1.807, 2.05) is 0 Å². The molecule has 2 N–H and O–H groups in total. The summed E-state index contributed by atoms with van der Waals surface area (Å²) >= 11 is 0. The highest BCUT2D eigenvalue weighted by Crippen LogP contribution is 2.40. The summed E-state index contributed by atoms with van der Waals surface area (Å²) < 4.78 is 37.7. The summed E-state index contributed by atoms with van der Waals surface area (Å²) in [7, 11) is 0. The van der Waals surface area contributed by atoms with Crippen LogP contribution in [0.5, 0.6) is 0 Å². The molecule has 3 fully saturated rings. The average molecular weight is 391 g/mol. The molecule has 2 atom stereocenters. The molecule has 0 bridgehead atoms. The maximum absolute atomic E-state index is 15.6. The lowest BCUT2D eigenvalue weighted by Gasteiger charge is -2.25. The van der Waals surface area contributed by atoms with E-state index in [-0.39, 0.29) is 34.8 Å². The van der Waals surface area contributed by atoms with Crippen molar-refractivity contribution in [3.63, 3.8) is 0 Å². The maximum Gasteiger partial charge on any atom is 0.341 e. The average Bonchev–Trinajstić information content (AvgIpc) is 3.41. The summed E-state index contributed by atoms with van der Waals surface area (Å²) in [5.41, 5.74) is -1.57. The predicted octanol–water partition coefficient (Wildman–Crippen LogP) is 1.49. The highest BCUT2D eigenvalue weighted by atomic mass is 19.1. The van der Waals surface area contributed by atoms with Crippen LogP contribution in [0.25, 0.3) is 10.9 Å². The Balaban J connectivity index is 1.70. The Labute approximate surface area is 158 Å². The number of hydrogen-bond acceptors (Lipinski definition) is 5. The number of anilines is 1. The van der Waals surface area contributed by atoms with Gasteiger partial charge in [-0.1, -0.05) is 0 Å². The highest BCUT2D eigenvalue weighted by Gasteiger charge is 2.38. The largest absolute Gasteiger partial charge is 0.477 e. The minimum atomic E-state index is -1.40. The van der Waals surface area contributed by atoms with Crippen molar-refractivity contribution in [3.8, 4) is 0 Å². The quantitative estimate of drug-likeness (QED) is 0.825. The minimum absolute atomic E-state index is 0.0109. The van der Waals surface area contributed by atoms with Crippen LogP contribution in [0.2, 0.25) is 0 Å². The van der Waals surface area contributed by atoms with E-state index in [0.717, 1.165) is 18.9 Å². The summed E-state index contributed by atoms with van der Waals surface area (Å²) in [6.07, 6.45) is 2.55. The first-order valence-corrected chi connectivity index (χ1v) is 9.35. The number of aromatic carboxylic acids is 1. The molecule has 1 saturated carbocycles.